The van der Waals surface area contributed by atoms with E-state index in [2.05, 4.69) is 5.32 Å². The van der Waals surface area contributed by atoms with E-state index in [1.54, 1.807) is 19.1 Å². The van der Waals surface area contributed by atoms with Gasteiger partial charge in [0.1, 0.15) is 0 Å². The highest BCUT2D eigenvalue weighted by Crippen LogP contribution is 2.34. The molecule has 0 aromatic heterocycles. The lowest BCUT2D eigenvalue weighted by Crippen LogP contribution is -2.49. The number of halogens is 1. The molecule has 1 aliphatic rings. The van der Waals surface area contributed by atoms with Crippen LogP contribution in [0.4, 0.5) is 9.59 Å². The number of nitrogens with two attached hydrogens (primary N) is 1. The van der Waals surface area contributed by atoms with Gasteiger partial charge in [0, 0.05) is 7.05 Å². The van der Waals surface area contributed by atoms with Gasteiger partial charge in [0.2, 0.25) is 0 Å². The number of imide groups is 1. The molecule has 0 spiro atoms. The molecule has 0 radical (unpaired) electrons. The second kappa shape index (κ2) is 4.57. The maximum Gasteiger partial charge on any atom is 0.329 e. The first kappa shape index (κ1) is 12.6. The number of hydrogen-bond donors (Lipinski definition) is 2. The Morgan fingerprint density at radius 2 is 2.25 bits per heavy atom. The monoisotopic (exact) mass is 243 g/mol. The van der Waals surface area contributed by atoms with Gasteiger partial charge < -0.3 is 11.1 Å². The van der Waals surface area contributed by atoms with Crippen molar-refractivity contribution >= 4 is 23.7 Å². The molecule has 0 aromatic carbocycles. The average molecular weight is 244 g/mol. The van der Waals surface area contributed by atoms with E-state index in [1.165, 1.54) is 7.05 Å². The van der Waals surface area contributed by atoms with Gasteiger partial charge in [-0.1, -0.05) is 12.2 Å². The molecule has 4 amide bonds. The molecule has 0 bridgehead atoms. The summed E-state index contributed by atoms with van der Waals surface area (Å²) in [6.45, 7) is 1.72. The van der Waals surface area contributed by atoms with Gasteiger partial charge in [-0.2, -0.15) is 0 Å². The summed E-state index contributed by atoms with van der Waals surface area (Å²) in [6, 6.07) is -1.45. The van der Waals surface area contributed by atoms with Crippen LogP contribution < -0.4 is 11.1 Å². The van der Waals surface area contributed by atoms with Crippen molar-refractivity contribution in [2.45, 2.75) is 18.2 Å². The molecule has 3 N–H and O–H groups in total. The van der Waals surface area contributed by atoms with Crippen LogP contribution in [0.15, 0.2) is 23.9 Å². The van der Waals surface area contributed by atoms with E-state index in [4.69, 9.17) is 17.3 Å². The predicted octanol–water partition coefficient (Wildman–Crippen LogP) is 1.55. The average Bonchev–Trinajstić information content (AvgIpc) is 2.20. The normalized spacial score (nSPS) is 23.6. The quantitative estimate of drug-likeness (QED) is 0.686. The van der Waals surface area contributed by atoms with Crippen molar-refractivity contribution in [2.24, 2.45) is 5.73 Å². The number of rotatable bonds is 1. The van der Waals surface area contributed by atoms with Crippen molar-refractivity contribution < 1.29 is 9.59 Å². The van der Waals surface area contributed by atoms with Crippen molar-refractivity contribution in [1.82, 2.24) is 10.2 Å². The number of primary amides is 1. The fourth-order valence-electron chi connectivity index (χ4n) is 1.47. The highest BCUT2D eigenvalue weighted by molar-refractivity contribution is 6.26. The molecule has 5 nitrogen and oxygen atoms in total. The third-order valence-electron chi connectivity index (χ3n) is 2.30. The smallest absolute Gasteiger partial charge is 0.329 e. The van der Waals surface area contributed by atoms with Crippen LogP contribution in [0.2, 0.25) is 0 Å². The van der Waals surface area contributed by atoms with Crippen LogP contribution in [-0.4, -0.2) is 28.9 Å². The van der Waals surface area contributed by atoms with Gasteiger partial charge in [-0.15, -0.1) is 11.6 Å². The van der Waals surface area contributed by atoms with Crippen LogP contribution in [-0.2, 0) is 0 Å². The molecule has 88 valence electrons. The van der Waals surface area contributed by atoms with E-state index >= 15 is 0 Å². The lowest BCUT2D eigenvalue weighted by molar-refractivity contribution is 0.200. The zero-order valence-electron chi connectivity index (χ0n) is 9.16. The summed E-state index contributed by atoms with van der Waals surface area (Å²) in [5.74, 6) is 0. The highest BCUT2D eigenvalue weighted by Gasteiger charge is 2.35. The van der Waals surface area contributed by atoms with Gasteiger partial charge in [0.05, 0.1) is 10.6 Å². The Morgan fingerprint density at radius 1 is 1.62 bits per heavy atom. The van der Waals surface area contributed by atoms with Gasteiger partial charge in [-0.3, -0.25) is 0 Å². The van der Waals surface area contributed by atoms with Crippen molar-refractivity contribution in [1.29, 1.82) is 0 Å². The number of hydrogen-bond acceptors (Lipinski definition) is 2. The lowest BCUT2D eigenvalue weighted by atomic mass is 9.97. The minimum absolute atomic E-state index is 0.378. The lowest BCUT2D eigenvalue weighted by Gasteiger charge is -2.32. The zero-order chi connectivity index (χ0) is 12.3. The molecule has 0 fully saturated rings. The van der Waals surface area contributed by atoms with Crippen molar-refractivity contribution in [2.75, 3.05) is 7.05 Å². The first-order valence-electron chi connectivity index (χ1n) is 4.77. The van der Waals surface area contributed by atoms with Crippen molar-refractivity contribution in [3.63, 3.8) is 0 Å². The molecule has 1 atom stereocenters. The first-order valence-corrected chi connectivity index (χ1v) is 5.15. The number of carbonyl (C=O) groups is 2. The Balaban J connectivity index is 3.12. The molecule has 0 aromatic rings. The van der Waals surface area contributed by atoms with Crippen LogP contribution in [0.3, 0.4) is 0 Å². The maximum atomic E-state index is 11.5. The zero-order valence-corrected chi connectivity index (χ0v) is 9.91. The summed E-state index contributed by atoms with van der Waals surface area (Å²) in [5.41, 5.74) is 5.55. The standard InChI is InChI=1S/C10H14ClN3O2/c1-10(11)6-4-3-5-7(10)14(8(12)15)9(16)13-2/h3-5H,6H2,1-2H3,(H2,12,15)(H,13,16). The number of alkyl halides is 1. The third-order valence-corrected chi connectivity index (χ3v) is 2.65. The van der Waals surface area contributed by atoms with Crippen LogP contribution in [0.1, 0.15) is 13.3 Å². The fraction of sp³-hybridized carbons (Fsp3) is 0.400. The van der Waals surface area contributed by atoms with Crippen molar-refractivity contribution in [3.8, 4) is 0 Å². The number of carbonyl (C=O) groups excluding carboxylic acids is 2. The molecular weight excluding hydrogens is 230 g/mol. The Labute approximate surface area is 98.9 Å². The highest BCUT2D eigenvalue weighted by atomic mass is 35.5. The first-order chi connectivity index (χ1) is 7.40. The SMILES string of the molecule is CNC(=O)N(C(N)=O)C1=CC=CCC1(C)Cl. The third kappa shape index (κ3) is 2.36. The second-order valence-electron chi connectivity index (χ2n) is 3.61. The fourth-order valence-corrected chi connectivity index (χ4v) is 1.71. The van der Waals surface area contributed by atoms with E-state index in [-0.39, 0.29) is 0 Å². The maximum absolute atomic E-state index is 11.5. The number of urea groups is 2. The van der Waals surface area contributed by atoms with Crippen LogP contribution >= 0.6 is 11.6 Å². The van der Waals surface area contributed by atoms with Crippen LogP contribution in [0.25, 0.3) is 0 Å². The van der Waals surface area contributed by atoms with E-state index in [0.29, 0.717) is 12.1 Å². The molecule has 0 saturated heterocycles. The molecule has 0 heterocycles. The summed E-state index contributed by atoms with van der Waals surface area (Å²) in [6.07, 6.45) is 5.73. The van der Waals surface area contributed by atoms with E-state index in [1.807, 2.05) is 6.08 Å². The molecule has 6 heteroatoms. The molecule has 0 aliphatic heterocycles. The van der Waals surface area contributed by atoms with Crippen molar-refractivity contribution in [3.05, 3.63) is 23.9 Å². The molecule has 16 heavy (non-hydrogen) atoms. The molecule has 1 unspecified atom stereocenters. The van der Waals surface area contributed by atoms with Crippen LogP contribution in [0, 0.1) is 0 Å². The van der Waals surface area contributed by atoms with E-state index in [0.717, 1.165) is 4.90 Å². The molecular formula is C10H14ClN3O2. The topological polar surface area (TPSA) is 75.4 Å². The van der Waals surface area contributed by atoms with E-state index < -0.39 is 16.9 Å². The van der Waals surface area contributed by atoms with Gasteiger partial charge in [0.15, 0.2) is 0 Å². The number of amides is 4. The largest absolute Gasteiger partial charge is 0.351 e. The van der Waals surface area contributed by atoms with Gasteiger partial charge >= 0.3 is 12.1 Å². The molecule has 1 rings (SSSR count). The Bertz CT molecular complexity index is 374. The minimum atomic E-state index is -0.854. The summed E-state index contributed by atoms with van der Waals surface area (Å²) in [5, 5.41) is 2.34. The van der Waals surface area contributed by atoms with Gasteiger partial charge in [0.25, 0.3) is 0 Å². The Kier molecular flexibility index (Phi) is 3.59. The van der Waals surface area contributed by atoms with Crippen LogP contribution in [0.5, 0.6) is 0 Å². The predicted molar refractivity (Wildman–Crippen MR) is 62.0 cm³/mol. The summed E-state index contributed by atoms with van der Waals surface area (Å²) in [7, 11) is 1.42. The summed E-state index contributed by atoms with van der Waals surface area (Å²) in [4.78, 5) is 22.8. The second-order valence-corrected chi connectivity index (χ2v) is 4.44. The molecule has 1 aliphatic carbocycles. The molecule has 0 saturated carbocycles. The Hall–Kier alpha value is -1.49. The summed E-state index contributed by atoms with van der Waals surface area (Å²) < 4.78 is 0. The van der Waals surface area contributed by atoms with Gasteiger partial charge in [-0.25, -0.2) is 14.5 Å². The number of allylic oxidation sites excluding steroid dienone is 4. The number of nitrogens with zero attached hydrogens (tertiary/aromatic N) is 1. The van der Waals surface area contributed by atoms with Gasteiger partial charge in [-0.05, 0) is 19.4 Å². The van der Waals surface area contributed by atoms with E-state index in [9.17, 15) is 9.59 Å². The number of nitrogens with one attached hydrogen (secondary N) is 1. The summed E-state index contributed by atoms with van der Waals surface area (Å²) >= 11 is 6.23. The Morgan fingerprint density at radius 3 is 2.69 bits per heavy atom. The minimum Gasteiger partial charge on any atom is -0.351 e.